The Hall–Kier alpha value is 3.74. The maximum Gasteiger partial charge on any atom is 1.00 e. The first-order chi connectivity index (χ1) is 8.77. The van der Waals surface area contributed by atoms with E-state index in [0.29, 0.717) is 5.75 Å². The van der Waals surface area contributed by atoms with Crippen molar-refractivity contribution in [3.63, 3.8) is 0 Å². The molecule has 2 aromatic carbocycles. The molecule has 5 nitrogen and oxygen atoms in total. The topological polar surface area (TPSA) is 106 Å². The van der Waals surface area contributed by atoms with Crippen molar-refractivity contribution in [3.05, 3.63) is 53.0 Å². The fourth-order valence-electron chi connectivity index (χ4n) is 1.35. The first-order valence-electron chi connectivity index (χ1n) is 5.04. The summed E-state index contributed by atoms with van der Waals surface area (Å²) >= 11 is 3.37. The molecule has 0 bridgehead atoms. The van der Waals surface area contributed by atoms with E-state index in [2.05, 4.69) is 15.9 Å². The van der Waals surface area contributed by atoms with Crippen LogP contribution in [0.2, 0.25) is 0 Å². The van der Waals surface area contributed by atoms with Gasteiger partial charge < -0.3 is 24.4 Å². The maximum atomic E-state index is 9.62. The summed E-state index contributed by atoms with van der Waals surface area (Å²) in [5.41, 5.74) is 1.88. The van der Waals surface area contributed by atoms with Crippen LogP contribution in [0.25, 0.3) is 11.1 Å². The Bertz CT molecular complexity index is 583. The van der Waals surface area contributed by atoms with Gasteiger partial charge in [-0.2, -0.15) is 7.82 Å². The van der Waals surface area contributed by atoms with Gasteiger partial charge in [-0.15, -0.1) is 0 Å². The normalized spacial score (nSPS) is 9.09. The van der Waals surface area contributed by atoms with Gasteiger partial charge in [0.25, 0.3) is 0 Å². The predicted octanol–water partition coefficient (Wildman–Crippen LogP) is -7.99. The van der Waals surface area contributed by atoms with Gasteiger partial charge in [0, 0.05) is 10.0 Å². The zero-order valence-corrected chi connectivity index (χ0v) is 24.4. The second-order valence-corrected chi connectivity index (χ2v) is 5.28. The van der Waals surface area contributed by atoms with Crippen molar-refractivity contribution < 1.29 is 179 Å². The number of rotatable bonds is 1. The van der Waals surface area contributed by atoms with E-state index in [9.17, 15) is 5.11 Å². The largest absolute Gasteiger partial charge is 1.00 e. The number of hydrogen-bond acceptors (Lipinski definition) is 5. The Labute approximate surface area is 265 Å². The Morgan fingerprint density at radius 3 is 1.68 bits per heavy atom. The third kappa shape index (κ3) is 14.9. The molecule has 2 rings (SSSR count). The van der Waals surface area contributed by atoms with E-state index >= 15 is 0 Å². The van der Waals surface area contributed by atoms with E-state index in [1.807, 2.05) is 42.5 Å². The Morgan fingerprint density at radius 1 is 0.864 bits per heavy atom. The molecule has 0 fully saturated rings. The molecule has 10 heteroatoms. The predicted molar refractivity (Wildman–Crippen MR) is 68.8 cm³/mol. The molecular formula is C12H9BrK3O5P. The van der Waals surface area contributed by atoms with Gasteiger partial charge in [0.2, 0.25) is 0 Å². The molecule has 1 N–H and O–H groups in total. The monoisotopic (exact) mass is 460 g/mol. The van der Waals surface area contributed by atoms with Crippen LogP contribution < -0.4 is 169 Å². The molecule has 102 valence electrons. The molecule has 2 aromatic rings. The quantitative estimate of drug-likeness (QED) is 0.336. The third-order valence-electron chi connectivity index (χ3n) is 2.06. The van der Waals surface area contributed by atoms with Gasteiger partial charge in [-0.25, -0.2) is 0 Å². The average Bonchev–Trinajstić information content (AvgIpc) is 2.29. The van der Waals surface area contributed by atoms with Crippen molar-refractivity contribution in [3.8, 4) is 16.9 Å². The molecule has 0 aliphatic carbocycles. The van der Waals surface area contributed by atoms with Crippen LogP contribution in [0.3, 0.4) is 0 Å². The summed E-state index contributed by atoms with van der Waals surface area (Å²) in [5, 5.41) is 9.62. The molecule has 0 aliphatic heterocycles. The summed E-state index contributed by atoms with van der Waals surface area (Å²) in [7, 11) is -5.39. The van der Waals surface area contributed by atoms with Crippen LogP contribution in [0.1, 0.15) is 0 Å². The molecule has 0 radical (unpaired) electrons. The van der Waals surface area contributed by atoms with Crippen LogP contribution in [0.15, 0.2) is 53.0 Å². The molecule has 0 spiro atoms. The first-order valence-corrected chi connectivity index (χ1v) is 7.30. The smallest absolute Gasteiger partial charge is 0.822 e. The van der Waals surface area contributed by atoms with Crippen LogP contribution in [0.4, 0.5) is 0 Å². The molecular weight excluding hydrogens is 452 g/mol. The van der Waals surface area contributed by atoms with E-state index in [1.54, 1.807) is 6.07 Å². The molecule has 0 aliphatic rings. The minimum Gasteiger partial charge on any atom is -0.822 e. The summed E-state index contributed by atoms with van der Waals surface area (Å²) < 4.78 is 9.59. The number of halogens is 1. The Kier molecular flexibility index (Phi) is 21.8. The summed E-state index contributed by atoms with van der Waals surface area (Å²) in [4.78, 5) is 25.6. The SMILES string of the molecule is O=P([O-])([O-])[O-].Oc1ccccc1-c1ccc(Br)cc1.[K+].[K+].[K+]. The van der Waals surface area contributed by atoms with Crippen molar-refractivity contribution in [1.29, 1.82) is 0 Å². The number of phosphoric acid groups is 1. The molecule has 0 unspecified atom stereocenters. The van der Waals surface area contributed by atoms with Crippen LogP contribution in [0.5, 0.6) is 5.75 Å². The summed E-state index contributed by atoms with van der Waals surface area (Å²) in [6.07, 6.45) is 0. The zero-order chi connectivity index (χ0) is 14.5. The zero-order valence-electron chi connectivity index (χ0n) is 12.5. The van der Waals surface area contributed by atoms with E-state index < -0.39 is 7.82 Å². The molecule has 0 aromatic heterocycles. The van der Waals surface area contributed by atoms with Gasteiger partial charge in [0.1, 0.15) is 5.75 Å². The van der Waals surface area contributed by atoms with E-state index in [-0.39, 0.29) is 154 Å². The average molecular weight is 461 g/mol. The van der Waals surface area contributed by atoms with Crippen LogP contribution in [-0.4, -0.2) is 5.11 Å². The first kappa shape index (κ1) is 30.5. The number of benzene rings is 2. The van der Waals surface area contributed by atoms with E-state index in [0.717, 1.165) is 15.6 Å². The minimum absolute atomic E-state index is 0. The standard InChI is InChI=1S/C12H9BrO.3K.H3O4P/c13-10-7-5-9(6-8-10)11-3-1-2-4-12(11)14;;;;1-5(2,3)4/h1-8,14H;;;;(H3,1,2,3,4)/q;3*+1;/p-3. The maximum absolute atomic E-state index is 9.62. The Morgan fingerprint density at radius 2 is 1.27 bits per heavy atom. The van der Waals surface area contributed by atoms with E-state index in [1.165, 1.54) is 0 Å². The second kappa shape index (κ2) is 15.8. The summed E-state index contributed by atoms with van der Waals surface area (Å²) in [6, 6.07) is 15.2. The van der Waals surface area contributed by atoms with Crippen molar-refractivity contribution in [2.75, 3.05) is 0 Å². The second-order valence-electron chi connectivity index (χ2n) is 3.47. The van der Waals surface area contributed by atoms with Gasteiger partial charge in [0.15, 0.2) is 0 Å². The number of hydrogen-bond donors (Lipinski definition) is 1. The number of para-hydroxylation sites is 1. The van der Waals surface area contributed by atoms with Crippen LogP contribution >= 0.6 is 23.8 Å². The van der Waals surface area contributed by atoms with Crippen LogP contribution in [-0.2, 0) is 4.57 Å². The van der Waals surface area contributed by atoms with Crippen molar-refractivity contribution >= 4 is 23.8 Å². The third-order valence-corrected chi connectivity index (χ3v) is 2.59. The molecule has 0 saturated carbocycles. The fourth-order valence-corrected chi connectivity index (χ4v) is 1.61. The number of phenolic OH excluding ortho intramolecular Hbond substituents is 1. The van der Waals surface area contributed by atoms with Gasteiger partial charge in [-0.3, -0.25) is 0 Å². The van der Waals surface area contributed by atoms with Crippen molar-refractivity contribution in [1.82, 2.24) is 0 Å². The van der Waals surface area contributed by atoms with Gasteiger partial charge in [0.05, 0.1) is 0 Å². The van der Waals surface area contributed by atoms with Gasteiger partial charge in [-0.1, -0.05) is 46.3 Å². The van der Waals surface area contributed by atoms with E-state index in [4.69, 9.17) is 19.2 Å². The Balaban J connectivity index is -0.000000401. The van der Waals surface area contributed by atoms with Gasteiger partial charge >= 0.3 is 154 Å². The minimum atomic E-state index is -5.39. The van der Waals surface area contributed by atoms with Gasteiger partial charge in [-0.05, 0) is 23.8 Å². The number of phenols is 1. The molecule has 22 heavy (non-hydrogen) atoms. The number of aromatic hydroxyl groups is 1. The molecule has 0 atom stereocenters. The molecule has 0 saturated heterocycles. The molecule has 0 amide bonds. The van der Waals surface area contributed by atoms with Crippen LogP contribution in [0, 0.1) is 0 Å². The van der Waals surface area contributed by atoms with Crippen molar-refractivity contribution in [2.45, 2.75) is 0 Å². The summed E-state index contributed by atoms with van der Waals surface area (Å²) in [6.45, 7) is 0. The van der Waals surface area contributed by atoms with Crippen molar-refractivity contribution in [2.24, 2.45) is 0 Å². The summed E-state index contributed by atoms with van der Waals surface area (Å²) in [5.74, 6) is 0.315. The fraction of sp³-hybridized carbons (Fsp3) is 0. The molecule has 0 heterocycles.